The lowest BCUT2D eigenvalue weighted by atomic mass is 9.96. The summed E-state index contributed by atoms with van der Waals surface area (Å²) in [4.78, 5) is 15.9. The topological polar surface area (TPSA) is 54.0 Å². The van der Waals surface area contributed by atoms with Crippen LogP contribution in [0.4, 0.5) is 18.7 Å². The van der Waals surface area contributed by atoms with Gasteiger partial charge in [-0.3, -0.25) is 5.32 Å². The van der Waals surface area contributed by atoms with Gasteiger partial charge in [0.1, 0.15) is 11.3 Å². The summed E-state index contributed by atoms with van der Waals surface area (Å²) in [5.41, 5.74) is 0.0781. The molecule has 1 saturated carbocycles. The molecule has 2 N–H and O–H groups in total. The van der Waals surface area contributed by atoms with Crippen LogP contribution in [0.2, 0.25) is 0 Å². The molecule has 1 aromatic carbocycles. The second-order valence-corrected chi connectivity index (χ2v) is 6.22. The molecule has 1 aliphatic rings. The van der Waals surface area contributed by atoms with E-state index in [1.165, 1.54) is 12.5 Å². The Morgan fingerprint density at radius 2 is 2.00 bits per heavy atom. The first-order chi connectivity index (χ1) is 10.1. The highest BCUT2D eigenvalue weighted by Gasteiger charge is 2.17. The van der Waals surface area contributed by atoms with Crippen LogP contribution in [0.15, 0.2) is 12.1 Å². The minimum atomic E-state index is -0.720. The Morgan fingerprint density at radius 3 is 2.76 bits per heavy atom. The first-order valence-electron chi connectivity index (χ1n) is 6.95. The maximum absolute atomic E-state index is 13.5. The molecule has 21 heavy (non-hydrogen) atoms. The van der Waals surface area contributed by atoms with Crippen LogP contribution in [0.25, 0.3) is 10.2 Å². The Hall–Kier alpha value is -1.76. The van der Waals surface area contributed by atoms with Gasteiger partial charge in [-0.15, -0.1) is 0 Å². The third-order valence-electron chi connectivity index (χ3n) is 3.57. The van der Waals surface area contributed by atoms with Gasteiger partial charge in [-0.1, -0.05) is 30.6 Å². The third-order valence-corrected chi connectivity index (χ3v) is 4.49. The molecule has 1 heterocycles. The van der Waals surface area contributed by atoms with Crippen molar-refractivity contribution in [2.24, 2.45) is 0 Å². The molecule has 0 aliphatic heterocycles. The maximum Gasteiger partial charge on any atom is 0.321 e. The fourth-order valence-electron chi connectivity index (χ4n) is 2.58. The van der Waals surface area contributed by atoms with E-state index in [1.807, 2.05) is 0 Å². The van der Waals surface area contributed by atoms with Crippen LogP contribution in [-0.4, -0.2) is 17.1 Å². The number of fused-ring (bicyclic) bond motifs is 1. The Labute approximate surface area is 124 Å². The van der Waals surface area contributed by atoms with Crippen molar-refractivity contribution in [2.75, 3.05) is 5.32 Å². The van der Waals surface area contributed by atoms with Gasteiger partial charge in [0.2, 0.25) is 0 Å². The quantitative estimate of drug-likeness (QED) is 0.880. The van der Waals surface area contributed by atoms with E-state index in [2.05, 4.69) is 15.6 Å². The van der Waals surface area contributed by atoms with Crippen molar-refractivity contribution in [1.82, 2.24) is 10.3 Å². The Bertz CT molecular complexity index is 668. The van der Waals surface area contributed by atoms with E-state index in [9.17, 15) is 13.6 Å². The van der Waals surface area contributed by atoms with E-state index in [0.717, 1.165) is 43.1 Å². The zero-order valence-corrected chi connectivity index (χ0v) is 12.1. The Balaban J connectivity index is 1.69. The number of amides is 2. The molecular formula is C14H15F2N3OS. The van der Waals surface area contributed by atoms with Crippen LogP contribution < -0.4 is 10.6 Å². The predicted molar refractivity (Wildman–Crippen MR) is 78.6 cm³/mol. The summed E-state index contributed by atoms with van der Waals surface area (Å²) in [5, 5.41) is 5.75. The summed E-state index contributed by atoms with van der Waals surface area (Å²) in [7, 11) is 0. The number of hydrogen-bond donors (Lipinski definition) is 2. The molecular weight excluding hydrogens is 296 g/mol. The number of urea groups is 1. The number of anilines is 1. The van der Waals surface area contributed by atoms with Crippen LogP contribution in [0.3, 0.4) is 0 Å². The first-order valence-corrected chi connectivity index (χ1v) is 7.76. The average Bonchev–Trinajstić information content (AvgIpc) is 2.82. The lowest BCUT2D eigenvalue weighted by Crippen LogP contribution is -2.38. The average molecular weight is 311 g/mol. The van der Waals surface area contributed by atoms with Crippen LogP contribution in [0, 0.1) is 11.6 Å². The molecule has 0 atom stereocenters. The SMILES string of the molecule is O=C(Nc1nc2c(F)cc(F)cc2s1)NC1CCCCC1. The molecule has 1 aromatic heterocycles. The number of benzene rings is 1. The maximum atomic E-state index is 13.5. The van der Waals surface area contributed by atoms with Gasteiger partial charge < -0.3 is 5.32 Å². The zero-order valence-electron chi connectivity index (χ0n) is 11.3. The van der Waals surface area contributed by atoms with Crippen LogP contribution in [0.1, 0.15) is 32.1 Å². The van der Waals surface area contributed by atoms with Crippen molar-refractivity contribution in [3.8, 4) is 0 Å². The molecule has 0 bridgehead atoms. The van der Waals surface area contributed by atoms with Gasteiger partial charge >= 0.3 is 6.03 Å². The molecule has 4 nitrogen and oxygen atoms in total. The number of carbonyl (C=O) groups excluding carboxylic acids is 1. The summed E-state index contributed by atoms with van der Waals surface area (Å²) in [6.45, 7) is 0. The number of halogens is 2. The molecule has 3 rings (SSSR count). The second kappa shape index (κ2) is 5.93. The zero-order chi connectivity index (χ0) is 14.8. The molecule has 7 heteroatoms. The van der Waals surface area contributed by atoms with Crippen molar-refractivity contribution in [3.63, 3.8) is 0 Å². The standard InChI is InChI=1S/C14H15F2N3OS/c15-8-6-10(16)12-11(7-8)21-14(18-12)19-13(20)17-9-4-2-1-3-5-9/h6-7,9H,1-5H2,(H2,17,18,19,20). The number of nitrogens with one attached hydrogen (secondary N) is 2. The van der Waals surface area contributed by atoms with Gasteiger partial charge in [0.25, 0.3) is 0 Å². The molecule has 112 valence electrons. The normalized spacial score (nSPS) is 16.1. The Morgan fingerprint density at radius 1 is 1.24 bits per heavy atom. The summed E-state index contributed by atoms with van der Waals surface area (Å²) in [5.74, 6) is -1.37. The van der Waals surface area contributed by atoms with E-state index < -0.39 is 11.6 Å². The molecule has 1 fully saturated rings. The van der Waals surface area contributed by atoms with Crippen LogP contribution in [0.5, 0.6) is 0 Å². The number of hydrogen-bond acceptors (Lipinski definition) is 3. The van der Waals surface area contributed by atoms with Gasteiger partial charge in [0, 0.05) is 12.1 Å². The summed E-state index contributed by atoms with van der Waals surface area (Å²) >= 11 is 1.05. The highest BCUT2D eigenvalue weighted by atomic mass is 32.1. The number of nitrogens with zero attached hydrogens (tertiary/aromatic N) is 1. The van der Waals surface area contributed by atoms with Crippen molar-refractivity contribution in [2.45, 2.75) is 38.1 Å². The van der Waals surface area contributed by atoms with E-state index in [1.54, 1.807) is 0 Å². The van der Waals surface area contributed by atoms with Crippen LogP contribution >= 0.6 is 11.3 Å². The highest BCUT2D eigenvalue weighted by molar-refractivity contribution is 7.22. The minimum absolute atomic E-state index is 0.0781. The van der Waals surface area contributed by atoms with Crippen molar-refractivity contribution >= 4 is 32.7 Å². The van der Waals surface area contributed by atoms with E-state index in [-0.39, 0.29) is 22.7 Å². The lowest BCUT2D eigenvalue weighted by Gasteiger charge is -2.22. The van der Waals surface area contributed by atoms with Crippen LogP contribution in [-0.2, 0) is 0 Å². The number of rotatable bonds is 2. The fraction of sp³-hybridized carbons (Fsp3) is 0.429. The molecule has 0 radical (unpaired) electrons. The smallest absolute Gasteiger partial charge is 0.321 e. The number of carbonyl (C=O) groups is 1. The second-order valence-electron chi connectivity index (χ2n) is 5.19. The molecule has 2 aromatic rings. The van der Waals surface area contributed by atoms with Crippen molar-refractivity contribution in [1.29, 1.82) is 0 Å². The van der Waals surface area contributed by atoms with Gasteiger partial charge in [-0.05, 0) is 18.9 Å². The fourth-order valence-corrected chi connectivity index (χ4v) is 3.48. The molecule has 0 unspecified atom stereocenters. The van der Waals surface area contributed by atoms with Gasteiger partial charge in [-0.25, -0.2) is 18.6 Å². The van der Waals surface area contributed by atoms with Crippen molar-refractivity contribution < 1.29 is 13.6 Å². The van der Waals surface area contributed by atoms with Crippen molar-refractivity contribution in [3.05, 3.63) is 23.8 Å². The van der Waals surface area contributed by atoms with E-state index >= 15 is 0 Å². The third kappa shape index (κ3) is 3.29. The molecule has 0 saturated heterocycles. The summed E-state index contributed by atoms with van der Waals surface area (Å²) in [6, 6.07) is 1.83. The van der Waals surface area contributed by atoms with Gasteiger partial charge in [0.05, 0.1) is 4.70 Å². The minimum Gasteiger partial charge on any atom is -0.335 e. The largest absolute Gasteiger partial charge is 0.335 e. The molecule has 1 aliphatic carbocycles. The lowest BCUT2D eigenvalue weighted by molar-refractivity contribution is 0.244. The number of aromatic nitrogens is 1. The molecule has 2 amide bonds. The molecule has 0 spiro atoms. The first kappa shape index (κ1) is 14.2. The van der Waals surface area contributed by atoms with Gasteiger partial charge in [-0.2, -0.15) is 0 Å². The number of thiazole rings is 1. The van der Waals surface area contributed by atoms with E-state index in [0.29, 0.717) is 4.70 Å². The van der Waals surface area contributed by atoms with Gasteiger partial charge in [0.15, 0.2) is 10.9 Å². The summed E-state index contributed by atoms with van der Waals surface area (Å²) < 4.78 is 27.0. The van der Waals surface area contributed by atoms with E-state index in [4.69, 9.17) is 0 Å². The summed E-state index contributed by atoms with van der Waals surface area (Å²) in [6.07, 6.45) is 5.41. The Kier molecular flexibility index (Phi) is 4.01. The highest BCUT2D eigenvalue weighted by Crippen LogP contribution is 2.28. The predicted octanol–water partition coefficient (Wildman–Crippen LogP) is 4.03. The monoisotopic (exact) mass is 311 g/mol.